The molecule has 0 aliphatic rings. The lowest BCUT2D eigenvalue weighted by Crippen LogP contribution is -2.05. The zero-order chi connectivity index (χ0) is 12.3. The van der Waals surface area contributed by atoms with Crippen molar-refractivity contribution in [2.24, 2.45) is 0 Å². The Morgan fingerprint density at radius 2 is 1.94 bits per heavy atom. The Labute approximate surface area is 106 Å². The van der Waals surface area contributed by atoms with E-state index in [0.717, 1.165) is 5.69 Å². The highest BCUT2D eigenvalue weighted by Crippen LogP contribution is 2.15. The number of carboxylic acid groups (broad SMARTS) is 1. The fourth-order valence-corrected chi connectivity index (χ4v) is 1.62. The fourth-order valence-electron chi connectivity index (χ4n) is 1.23. The summed E-state index contributed by atoms with van der Waals surface area (Å²) in [6.45, 7) is 0. The van der Waals surface area contributed by atoms with Crippen molar-refractivity contribution in [2.75, 3.05) is 5.32 Å². The van der Waals surface area contributed by atoms with Gasteiger partial charge >= 0.3 is 5.97 Å². The number of carboxylic acids is 1. The van der Waals surface area contributed by atoms with Gasteiger partial charge in [-0.2, -0.15) is 0 Å². The Bertz CT molecular complexity index is 546. The first kappa shape index (κ1) is 11.5. The number of rotatable bonds is 3. The van der Waals surface area contributed by atoms with Gasteiger partial charge in [0, 0.05) is 11.8 Å². The molecule has 1 aromatic carbocycles. The normalized spacial score (nSPS) is 9.94. The number of anilines is 2. The Kier molecular flexibility index (Phi) is 3.34. The van der Waals surface area contributed by atoms with Gasteiger partial charge in [0.15, 0.2) is 5.69 Å². The molecule has 5 nitrogen and oxygen atoms in total. The van der Waals surface area contributed by atoms with Crippen molar-refractivity contribution < 1.29 is 9.90 Å². The van der Waals surface area contributed by atoms with Crippen molar-refractivity contribution in [3.05, 3.63) is 46.7 Å². The van der Waals surface area contributed by atoms with Crippen LogP contribution in [0.3, 0.4) is 0 Å². The highest BCUT2D eigenvalue weighted by molar-refractivity contribution is 9.10. The summed E-state index contributed by atoms with van der Waals surface area (Å²) in [5.41, 5.74) is 0.729. The van der Waals surface area contributed by atoms with E-state index >= 15 is 0 Å². The number of hydrogen-bond donors (Lipinski definition) is 2. The summed E-state index contributed by atoms with van der Waals surface area (Å²) in [4.78, 5) is 18.7. The number of aromatic carboxylic acids is 1. The molecule has 0 fully saturated rings. The molecule has 0 saturated heterocycles. The number of halogens is 1. The molecule has 0 spiro atoms. The van der Waals surface area contributed by atoms with Crippen LogP contribution in [0, 0.1) is 0 Å². The van der Waals surface area contributed by atoms with E-state index in [4.69, 9.17) is 5.11 Å². The quantitative estimate of drug-likeness (QED) is 0.851. The smallest absolute Gasteiger partial charge is 0.354 e. The molecule has 0 bridgehead atoms. The average Bonchev–Trinajstić information content (AvgIpc) is 2.29. The van der Waals surface area contributed by atoms with E-state index in [1.807, 2.05) is 30.3 Å². The van der Waals surface area contributed by atoms with E-state index in [0.29, 0.717) is 4.60 Å². The first-order valence-corrected chi connectivity index (χ1v) is 5.54. The van der Waals surface area contributed by atoms with Crippen LogP contribution in [0.1, 0.15) is 10.5 Å². The molecule has 1 aromatic heterocycles. The van der Waals surface area contributed by atoms with Gasteiger partial charge in [0.2, 0.25) is 5.95 Å². The van der Waals surface area contributed by atoms with E-state index in [2.05, 4.69) is 31.2 Å². The molecule has 2 N–H and O–H groups in total. The molecule has 2 aromatic rings. The van der Waals surface area contributed by atoms with Gasteiger partial charge in [0.05, 0.1) is 0 Å². The first-order valence-electron chi connectivity index (χ1n) is 4.75. The van der Waals surface area contributed by atoms with Crippen LogP contribution < -0.4 is 5.32 Å². The van der Waals surface area contributed by atoms with E-state index in [1.54, 1.807) is 0 Å². The summed E-state index contributed by atoms with van der Waals surface area (Å²) in [7, 11) is 0. The number of nitrogens with one attached hydrogen (secondary N) is 1. The number of nitrogens with zero attached hydrogens (tertiary/aromatic N) is 2. The Hall–Kier alpha value is -1.95. The van der Waals surface area contributed by atoms with Crippen molar-refractivity contribution in [3.8, 4) is 0 Å². The van der Waals surface area contributed by atoms with Crippen molar-refractivity contribution in [3.63, 3.8) is 0 Å². The molecule has 17 heavy (non-hydrogen) atoms. The van der Waals surface area contributed by atoms with E-state index in [-0.39, 0.29) is 11.6 Å². The summed E-state index contributed by atoms with van der Waals surface area (Å²) in [5.74, 6) is -0.854. The van der Waals surface area contributed by atoms with Crippen LogP contribution in [0.25, 0.3) is 0 Å². The summed E-state index contributed by atoms with van der Waals surface area (Å²) in [6.07, 6.45) is 0. The molecular weight excluding hydrogens is 286 g/mol. The number of carbonyl (C=O) groups is 1. The highest BCUT2D eigenvalue weighted by Gasteiger charge is 2.09. The van der Waals surface area contributed by atoms with Gasteiger partial charge in [0.25, 0.3) is 0 Å². The Balaban J connectivity index is 2.30. The van der Waals surface area contributed by atoms with Crippen molar-refractivity contribution >= 4 is 33.5 Å². The Morgan fingerprint density at radius 3 is 2.59 bits per heavy atom. The largest absolute Gasteiger partial charge is 0.477 e. The summed E-state index contributed by atoms with van der Waals surface area (Å²) in [6, 6.07) is 10.6. The lowest BCUT2D eigenvalue weighted by atomic mass is 10.3. The SMILES string of the molecule is O=C(O)c1cc(Br)nc(Nc2ccccc2)n1. The topological polar surface area (TPSA) is 75.1 Å². The first-order chi connectivity index (χ1) is 8.15. The predicted octanol–water partition coefficient (Wildman–Crippen LogP) is 2.68. The van der Waals surface area contributed by atoms with Crippen LogP contribution in [0.4, 0.5) is 11.6 Å². The lowest BCUT2D eigenvalue weighted by Gasteiger charge is -2.05. The predicted molar refractivity (Wildman–Crippen MR) is 66.4 cm³/mol. The molecule has 0 aliphatic heterocycles. The molecular formula is C11H8BrN3O2. The molecule has 0 radical (unpaired) electrons. The molecule has 0 atom stereocenters. The van der Waals surface area contributed by atoms with Gasteiger partial charge in [-0.25, -0.2) is 14.8 Å². The van der Waals surface area contributed by atoms with Gasteiger partial charge in [-0.3, -0.25) is 0 Å². The minimum absolute atomic E-state index is 0.0645. The fraction of sp³-hybridized carbons (Fsp3) is 0. The highest BCUT2D eigenvalue weighted by atomic mass is 79.9. The second kappa shape index (κ2) is 4.92. The number of benzene rings is 1. The monoisotopic (exact) mass is 293 g/mol. The van der Waals surface area contributed by atoms with Crippen LogP contribution in [0.5, 0.6) is 0 Å². The van der Waals surface area contributed by atoms with E-state index in [1.165, 1.54) is 6.07 Å². The van der Waals surface area contributed by atoms with Crippen molar-refractivity contribution in [1.29, 1.82) is 0 Å². The van der Waals surface area contributed by atoms with Gasteiger partial charge in [-0.1, -0.05) is 18.2 Å². The standard InChI is InChI=1S/C11H8BrN3O2/c12-9-6-8(10(16)17)14-11(15-9)13-7-4-2-1-3-5-7/h1-6H,(H,16,17)(H,13,14,15). The number of hydrogen-bond acceptors (Lipinski definition) is 4. The van der Waals surface area contributed by atoms with E-state index in [9.17, 15) is 4.79 Å². The summed E-state index contributed by atoms with van der Waals surface area (Å²) < 4.78 is 0.420. The van der Waals surface area contributed by atoms with Crippen LogP contribution in [0.2, 0.25) is 0 Å². The third-order valence-corrected chi connectivity index (χ3v) is 2.35. The maximum atomic E-state index is 10.8. The van der Waals surface area contributed by atoms with Gasteiger partial charge in [-0.05, 0) is 28.1 Å². The average molecular weight is 294 g/mol. The molecule has 0 saturated carbocycles. The van der Waals surface area contributed by atoms with Crippen LogP contribution >= 0.6 is 15.9 Å². The summed E-state index contributed by atoms with van der Waals surface area (Å²) >= 11 is 3.14. The van der Waals surface area contributed by atoms with Gasteiger partial charge in [-0.15, -0.1) is 0 Å². The second-order valence-electron chi connectivity index (χ2n) is 3.20. The molecule has 0 amide bonds. The number of aromatic nitrogens is 2. The molecule has 86 valence electrons. The second-order valence-corrected chi connectivity index (χ2v) is 4.01. The maximum absolute atomic E-state index is 10.8. The van der Waals surface area contributed by atoms with Gasteiger partial charge < -0.3 is 10.4 Å². The third kappa shape index (κ3) is 3.01. The molecule has 0 unspecified atom stereocenters. The minimum atomic E-state index is -1.09. The number of para-hydroxylation sites is 1. The van der Waals surface area contributed by atoms with E-state index < -0.39 is 5.97 Å². The van der Waals surface area contributed by atoms with Crippen molar-refractivity contribution in [1.82, 2.24) is 9.97 Å². The van der Waals surface area contributed by atoms with Crippen molar-refractivity contribution in [2.45, 2.75) is 0 Å². The summed E-state index contributed by atoms with van der Waals surface area (Å²) in [5, 5.41) is 11.8. The third-order valence-electron chi connectivity index (χ3n) is 1.94. The lowest BCUT2D eigenvalue weighted by molar-refractivity contribution is 0.0690. The zero-order valence-corrected chi connectivity index (χ0v) is 10.2. The molecule has 6 heteroatoms. The van der Waals surface area contributed by atoms with Gasteiger partial charge in [0.1, 0.15) is 4.60 Å². The molecule has 1 heterocycles. The molecule has 0 aliphatic carbocycles. The Morgan fingerprint density at radius 1 is 1.24 bits per heavy atom. The van der Waals surface area contributed by atoms with Crippen LogP contribution in [-0.4, -0.2) is 21.0 Å². The molecule has 2 rings (SSSR count). The zero-order valence-electron chi connectivity index (χ0n) is 8.59. The maximum Gasteiger partial charge on any atom is 0.354 e. The minimum Gasteiger partial charge on any atom is -0.477 e. The van der Waals surface area contributed by atoms with Crippen LogP contribution in [-0.2, 0) is 0 Å². The van der Waals surface area contributed by atoms with Crippen LogP contribution in [0.15, 0.2) is 41.0 Å².